The van der Waals surface area contributed by atoms with E-state index in [9.17, 15) is 9.59 Å². The van der Waals surface area contributed by atoms with Gasteiger partial charge < -0.3 is 9.88 Å². The molecule has 0 bridgehead atoms. The Hall–Kier alpha value is -2.40. The molecule has 1 aliphatic rings. The monoisotopic (exact) mass is 339 g/mol. The molecule has 0 saturated carbocycles. The van der Waals surface area contributed by atoms with Crippen LogP contribution in [0.1, 0.15) is 24.0 Å². The van der Waals surface area contributed by atoms with Crippen molar-refractivity contribution >= 4 is 11.6 Å². The number of likely N-dealkylation sites (tertiary alicyclic amines) is 1. The van der Waals surface area contributed by atoms with Crippen molar-refractivity contribution in [1.29, 1.82) is 0 Å². The fourth-order valence-corrected chi connectivity index (χ4v) is 3.34. The molecule has 1 amide bonds. The second-order valence-electron chi connectivity index (χ2n) is 6.87. The van der Waals surface area contributed by atoms with E-state index in [1.807, 2.05) is 25.1 Å². The van der Waals surface area contributed by atoms with Gasteiger partial charge in [0.05, 0.1) is 11.6 Å². The molecule has 5 heteroatoms. The van der Waals surface area contributed by atoms with Crippen LogP contribution in [-0.4, -0.2) is 28.5 Å². The van der Waals surface area contributed by atoms with Gasteiger partial charge in [0, 0.05) is 32.4 Å². The molecule has 1 fully saturated rings. The zero-order valence-electron chi connectivity index (χ0n) is 14.9. The Labute approximate surface area is 148 Å². The molecule has 1 atom stereocenters. The third kappa shape index (κ3) is 4.37. The average Bonchev–Trinajstić information content (AvgIpc) is 2.61. The largest absolute Gasteiger partial charge is 0.324 e. The lowest BCUT2D eigenvalue weighted by atomic mass is 9.96. The first-order valence-corrected chi connectivity index (χ1v) is 8.77. The predicted molar refractivity (Wildman–Crippen MR) is 99.5 cm³/mol. The van der Waals surface area contributed by atoms with Gasteiger partial charge in [-0.15, -0.1) is 0 Å². The van der Waals surface area contributed by atoms with Crippen LogP contribution in [-0.2, 0) is 18.4 Å². The van der Waals surface area contributed by atoms with E-state index in [1.165, 1.54) is 10.1 Å². The van der Waals surface area contributed by atoms with Crippen molar-refractivity contribution in [2.75, 3.05) is 18.4 Å². The summed E-state index contributed by atoms with van der Waals surface area (Å²) >= 11 is 0. The molecular weight excluding hydrogens is 314 g/mol. The van der Waals surface area contributed by atoms with Crippen molar-refractivity contribution in [2.24, 2.45) is 13.0 Å². The molecule has 2 aromatic rings. The van der Waals surface area contributed by atoms with Gasteiger partial charge in [0.2, 0.25) is 5.91 Å². The number of amides is 1. The summed E-state index contributed by atoms with van der Waals surface area (Å²) in [5.74, 6) is 0.0219. The minimum atomic E-state index is -0.0674. The molecular formula is C20H25N3O2. The topological polar surface area (TPSA) is 54.3 Å². The van der Waals surface area contributed by atoms with Gasteiger partial charge in [-0.05, 0) is 37.4 Å². The lowest BCUT2D eigenvalue weighted by Gasteiger charge is -2.32. The number of aromatic nitrogens is 1. The van der Waals surface area contributed by atoms with Crippen molar-refractivity contribution in [1.82, 2.24) is 9.47 Å². The Morgan fingerprint density at radius 2 is 2.04 bits per heavy atom. The molecule has 1 aliphatic heterocycles. The zero-order valence-corrected chi connectivity index (χ0v) is 14.9. The second-order valence-corrected chi connectivity index (χ2v) is 6.87. The molecule has 1 aromatic heterocycles. The highest BCUT2D eigenvalue weighted by atomic mass is 16.2. The smallest absolute Gasteiger partial charge is 0.250 e. The first kappa shape index (κ1) is 17.4. The van der Waals surface area contributed by atoms with E-state index in [-0.39, 0.29) is 17.4 Å². The SMILES string of the molecule is Cc1cc(=O)n(C)cc1NC(=O)[C@H]1CCCN(Cc2ccccc2)C1. The molecule has 3 rings (SSSR count). The number of nitrogens with zero attached hydrogens (tertiary/aromatic N) is 2. The summed E-state index contributed by atoms with van der Waals surface area (Å²) in [5.41, 5.74) is 2.72. The van der Waals surface area contributed by atoms with Crippen molar-refractivity contribution in [3.05, 3.63) is 64.1 Å². The van der Waals surface area contributed by atoms with Crippen LogP contribution in [0.4, 0.5) is 5.69 Å². The van der Waals surface area contributed by atoms with Gasteiger partial charge in [-0.3, -0.25) is 14.5 Å². The molecule has 132 valence electrons. The van der Waals surface area contributed by atoms with Gasteiger partial charge in [0.1, 0.15) is 0 Å². The molecule has 1 N–H and O–H groups in total. The van der Waals surface area contributed by atoms with E-state index in [1.54, 1.807) is 19.3 Å². The Kier molecular flexibility index (Phi) is 5.34. The Balaban J connectivity index is 1.64. The molecule has 2 heterocycles. The number of benzene rings is 1. The maximum Gasteiger partial charge on any atom is 0.250 e. The molecule has 1 saturated heterocycles. The summed E-state index contributed by atoms with van der Waals surface area (Å²) < 4.78 is 1.49. The number of rotatable bonds is 4. The standard InChI is InChI=1S/C20H25N3O2/c1-15-11-19(24)22(2)14-18(15)21-20(25)17-9-6-10-23(13-17)12-16-7-4-3-5-8-16/h3-5,7-8,11,14,17H,6,9-10,12-13H2,1-2H3,(H,21,25)/t17-/m0/s1. The predicted octanol–water partition coefficient (Wildman–Crippen LogP) is 2.54. The van der Waals surface area contributed by atoms with Gasteiger partial charge in [-0.25, -0.2) is 0 Å². The Morgan fingerprint density at radius 1 is 1.28 bits per heavy atom. The lowest BCUT2D eigenvalue weighted by Crippen LogP contribution is -2.40. The molecule has 0 aliphatic carbocycles. The van der Waals surface area contributed by atoms with Crippen LogP contribution in [0.5, 0.6) is 0 Å². The van der Waals surface area contributed by atoms with Crippen LogP contribution in [0.15, 0.2) is 47.4 Å². The first-order chi connectivity index (χ1) is 12.0. The fraction of sp³-hybridized carbons (Fsp3) is 0.400. The second kappa shape index (κ2) is 7.66. The van der Waals surface area contributed by atoms with E-state index in [4.69, 9.17) is 0 Å². The number of aryl methyl sites for hydroxylation is 2. The van der Waals surface area contributed by atoms with Crippen molar-refractivity contribution in [3.8, 4) is 0 Å². The van der Waals surface area contributed by atoms with Crippen molar-refractivity contribution in [3.63, 3.8) is 0 Å². The summed E-state index contributed by atoms with van der Waals surface area (Å²) in [7, 11) is 1.69. The van der Waals surface area contributed by atoms with Crippen molar-refractivity contribution in [2.45, 2.75) is 26.3 Å². The Morgan fingerprint density at radius 3 is 2.80 bits per heavy atom. The number of pyridine rings is 1. The third-order valence-corrected chi connectivity index (χ3v) is 4.82. The van der Waals surface area contributed by atoms with Crippen LogP contribution >= 0.6 is 0 Å². The highest BCUT2D eigenvalue weighted by Gasteiger charge is 2.26. The van der Waals surface area contributed by atoms with E-state index >= 15 is 0 Å². The number of hydrogen-bond donors (Lipinski definition) is 1. The zero-order chi connectivity index (χ0) is 17.8. The van der Waals surface area contributed by atoms with E-state index in [0.29, 0.717) is 5.69 Å². The molecule has 1 aromatic carbocycles. The minimum Gasteiger partial charge on any atom is -0.324 e. The highest BCUT2D eigenvalue weighted by molar-refractivity contribution is 5.93. The summed E-state index contributed by atoms with van der Waals surface area (Å²) in [6.07, 6.45) is 3.62. The molecule has 0 radical (unpaired) electrons. The quantitative estimate of drug-likeness (QED) is 0.931. The number of hydrogen-bond acceptors (Lipinski definition) is 3. The van der Waals surface area contributed by atoms with Crippen molar-refractivity contribution < 1.29 is 4.79 Å². The fourth-order valence-electron chi connectivity index (χ4n) is 3.34. The van der Waals surface area contributed by atoms with Gasteiger partial charge >= 0.3 is 0 Å². The van der Waals surface area contributed by atoms with Crippen LogP contribution in [0.3, 0.4) is 0 Å². The number of nitrogens with one attached hydrogen (secondary N) is 1. The number of carbonyl (C=O) groups is 1. The van der Waals surface area contributed by atoms with Crippen LogP contribution in [0, 0.1) is 12.8 Å². The average molecular weight is 339 g/mol. The maximum atomic E-state index is 12.7. The number of carbonyl (C=O) groups excluding carboxylic acids is 1. The first-order valence-electron chi connectivity index (χ1n) is 8.77. The molecule has 25 heavy (non-hydrogen) atoms. The van der Waals surface area contributed by atoms with Gasteiger partial charge in [0.25, 0.3) is 5.56 Å². The van der Waals surface area contributed by atoms with Crippen LogP contribution in [0.25, 0.3) is 0 Å². The minimum absolute atomic E-state index is 0.0194. The van der Waals surface area contributed by atoms with Gasteiger partial charge in [-0.1, -0.05) is 30.3 Å². The van der Waals surface area contributed by atoms with Gasteiger partial charge in [0.15, 0.2) is 0 Å². The van der Waals surface area contributed by atoms with Crippen LogP contribution < -0.4 is 10.9 Å². The lowest BCUT2D eigenvalue weighted by molar-refractivity contribution is -0.121. The van der Waals surface area contributed by atoms with E-state index < -0.39 is 0 Å². The molecule has 0 spiro atoms. The third-order valence-electron chi connectivity index (χ3n) is 4.82. The normalized spacial score (nSPS) is 18.1. The summed E-state index contributed by atoms with van der Waals surface area (Å²) in [6, 6.07) is 11.9. The summed E-state index contributed by atoms with van der Waals surface area (Å²) in [6.45, 7) is 4.52. The highest BCUT2D eigenvalue weighted by Crippen LogP contribution is 2.21. The maximum absolute atomic E-state index is 12.7. The van der Waals surface area contributed by atoms with E-state index in [2.05, 4.69) is 22.3 Å². The molecule has 5 nitrogen and oxygen atoms in total. The van der Waals surface area contributed by atoms with Gasteiger partial charge in [-0.2, -0.15) is 0 Å². The number of anilines is 1. The van der Waals surface area contributed by atoms with Crippen LogP contribution in [0.2, 0.25) is 0 Å². The number of piperidine rings is 1. The molecule has 0 unspecified atom stereocenters. The summed E-state index contributed by atoms with van der Waals surface area (Å²) in [5, 5.41) is 3.01. The Bertz CT molecular complexity index is 798. The van der Waals surface area contributed by atoms with E-state index in [0.717, 1.165) is 38.0 Å². The summed E-state index contributed by atoms with van der Waals surface area (Å²) in [4.78, 5) is 26.7.